The Kier molecular flexibility index (Phi) is 12.2. The van der Waals surface area contributed by atoms with Gasteiger partial charge >= 0.3 is 5.97 Å². The van der Waals surface area contributed by atoms with Crippen molar-refractivity contribution in [1.29, 1.82) is 0 Å². The first kappa shape index (κ1) is 24.7. The fraction of sp³-hybridized carbons (Fsp3) is 0.538. The van der Waals surface area contributed by atoms with Crippen LogP contribution in [0.2, 0.25) is 0 Å². The summed E-state index contributed by atoms with van der Waals surface area (Å²) in [4.78, 5) is 16.6. The van der Waals surface area contributed by atoms with Crippen molar-refractivity contribution in [2.24, 2.45) is 0 Å². The summed E-state index contributed by atoms with van der Waals surface area (Å²) in [7, 11) is 0. The number of esters is 1. The Morgan fingerprint density at radius 1 is 0.710 bits per heavy atom. The number of benzene rings is 1. The molecule has 0 aliphatic heterocycles. The lowest BCUT2D eigenvalue weighted by Crippen LogP contribution is -2.09. The standard InChI is InChI=1S/C26H37NO4/c1-3-5-7-9-11-19-29-23-15-13-22(14-16-23)26(28)31-24-17-18-25(27-21-24)30-20-12-10-8-6-4-2/h13-18,21H,3-12,19-20H2,1-2H3. The third-order valence-corrected chi connectivity index (χ3v) is 5.02. The zero-order valence-electron chi connectivity index (χ0n) is 19.1. The molecule has 1 aromatic carbocycles. The van der Waals surface area contributed by atoms with Crippen LogP contribution < -0.4 is 14.2 Å². The molecule has 0 radical (unpaired) electrons. The summed E-state index contributed by atoms with van der Waals surface area (Å²) in [6, 6.07) is 10.5. The highest BCUT2D eigenvalue weighted by Crippen LogP contribution is 2.18. The molecule has 0 aliphatic carbocycles. The summed E-state index contributed by atoms with van der Waals surface area (Å²) < 4.78 is 16.8. The molecule has 31 heavy (non-hydrogen) atoms. The second-order valence-electron chi connectivity index (χ2n) is 7.77. The molecule has 0 spiro atoms. The minimum Gasteiger partial charge on any atom is -0.494 e. The SMILES string of the molecule is CCCCCCCOc1ccc(C(=O)Oc2ccc(OCCCCCCC)nc2)cc1. The fourth-order valence-electron chi connectivity index (χ4n) is 3.14. The Morgan fingerprint density at radius 2 is 1.29 bits per heavy atom. The van der Waals surface area contributed by atoms with Gasteiger partial charge in [-0.1, -0.05) is 65.2 Å². The topological polar surface area (TPSA) is 57.7 Å². The summed E-state index contributed by atoms with van der Waals surface area (Å²) in [5, 5.41) is 0. The van der Waals surface area contributed by atoms with Gasteiger partial charge in [0.05, 0.1) is 25.0 Å². The van der Waals surface area contributed by atoms with Gasteiger partial charge in [-0.25, -0.2) is 9.78 Å². The molecule has 2 rings (SSSR count). The van der Waals surface area contributed by atoms with Crippen LogP contribution in [0.25, 0.3) is 0 Å². The highest BCUT2D eigenvalue weighted by Gasteiger charge is 2.09. The van der Waals surface area contributed by atoms with Gasteiger partial charge in [0.25, 0.3) is 0 Å². The maximum atomic E-state index is 12.3. The highest BCUT2D eigenvalue weighted by molar-refractivity contribution is 5.91. The first-order valence-electron chi connectivity index (χ1n) is 11.8. The Morgan fingerprint density at radius 3 is 1.87 bits per heavy atom. The van der Waals surface area contributed by atoms with E-state index in [1.807, 2.05) is 0 Å². The number of ether oxygens (including phenoxy) is 3. The first-order valence-corrected chi connectivity index (χ1v) is 11.8. The predicted molar refractivity (Wildman–Crippen MR) is 124 cm³/mol. The number of rotatable bonds is 16. The lowest BCUT2D eigenvalue weighted by Gasteiger charge is -2.08. The van der Waals surface area contributed by atoms with Gasteiger partial charge in [0, 0.05) is 6.07 Å². The molecule has 0 unspecified atom stereocenters. The van der Waals surface area contributed by atoms with Crippen molar-refractivity contribution >= 4 is 5.97 Å². The van der Waals surface area contributed by atoms with Crippen molar-refractivity contribution in [3.63, 3.8) is 0 Å². The molecule has 5 heteroatoms. The van der Waals surface area contributed by atoms with Crippen LogP contribution in [0.4, 0.5) is 0 Å². The van der Waals surface area contributed by atoms with E-state index in [1.165, 1.54) is 57.6 Å². The number of carbonyl (C=O) groups excluding carboxylic acids is 1. The van der Waals surface area contributed by atoms with E-state index in [0.29, 0.717) is 30.4 Å². The minimum absolute atomic E-state index is 0.396. The van der Waals surface area contributed by atoms with Crippen molar-refractivity contribution in [3.05, 3.63) is 48.2 Å². The highest BCUT2D eigenvalue weighted by atomic mass is 16.5. The van der Waals surface area contributed by atoms with E-state index in [0.717, 1.165) is 18.6 Å². The fourth-order valence-corrected chi connectivity index (χ4v) is 3.14. The lowest BCUT2D eigenvalue weighted by atomic mass is 10.2. The molecule has 0 saturated heterocycles. The van der Waals surface area contributed by atoms with Crippen molar-refractivity contribution in [3.8, 4) is 17.4 Å². The van der Waals surface area contributed by atoms with Crippen LogP contribution in [0, 0.1) is 0 Å². The molecule has 0 N–H and O–H groups in total. The number of hydrogen-bond donors (Lipinski definition) is 0. The first-order chi connectivity index (χ1) is 15.2. The molecule has 0 fully saturated rings. The Bertz CT molecular complexity index is 728. The van der Waals surface area contributed by atoms with Gasteiger partial charge in [0.2, 0.25) is 5.88 Å². The van der Waals surface area contributed by atoms with Gasteiger partial charge in [0.1, 0.15) is 11.5 Å². The minimum atomic E-state index is -0.419. The number of carbonyl (C=O) groups is 1. The predicted octanol–water partition coefficient (Wildman–Crippen LogP) is 7.00. The maximum Gasteiger partial charge on any atom is 0.343 e. The van der Waals surface area contributed by atoms with Crippen molar-refractivity contribution in [1.82, 2.24) is 4.98 Å². The number of hydrogen-bond acceptors (Lipinski definition) is 5. The van der Waals surface area contributed by atoms with Crippen molar-refractivity contribution in [2.75, 3.05) is 13.2 Å². The van der Waals surface area contributed by atoms with Crippen molar-refractivity contribution in [2.45, 2.75) is 78.1 Å². The summed E-state index contributed by atoms with van der Waals surface area (Å²) in [6.07, 6.45) is 13.5. The smallest absolute Gasteiger partial charge is 0.343 e. The Hall–Kier alpha value is -2.56. The van der Waals surface area contributed by atoms with Crippen LogP contribution in [0.5, 0.6) is 17.4 Å². The van der Waals surface area contributed by atoms with E-state index in [-0.39, 0.29) is 0 Å². The average Bonchev–Trinajstić information content (AvgIpc) is 2.80. The number of unbranched alkanes of at least 4 members (excludes halogenated alkanes) is 8. The largest absolute Gasteiger partial charge is 0.494 e. The van der Waals surface area contributed by atoms with Gasteiger partial charge in [-0.15, -0.1) is 0 Å². The summed E-state index contributed by atoms with van der Waals surface area (Å²) >= 11 is 0. The molecule has 5 nitrogen and oxygen atoms in total. The number of pyridine rings is 1. The monoisotopic (exact) mass is 427 g/mol. The van der Waals surface area contributed by atoms with E-state index >= 15 is 0 Å². The van der Waals surface area contributed by atoms with Crippen LogP contribution in [-0.2, 0) is 0 Å². The molecule has 0 atom stereocenters. The molecular formula is C26H37NO4. The normalized spacial score (nSPS) is 10.6. The molecule has 1 aromatic heterocycles. The van der Waals surface area contributed by atoms with E-state index < -0.39 is 5.97 Å². The average molecular weight is 428 g/mol. The zero-order valence-corrected chi connectivity index (χ0v) is 19.1. The van der Waals surface area contributed by atoms with Gasteiger partial charge in [-0.3, -0.25) is 0 Å². The molecule has 170 valence electrons. The third-order valence-electron chi connectivity index (χ3n) is 5.02. The lowest BCUT2D eigenvalue weighted by molar-refractivity contribution is 0.0733. The van der Waals surface area contributed by atoms with Crippen LogP contribution in [0.15, 0.2) is 42.6 Å². The Balaban J connectivity index is 1.69. The number of nitrogens with zero attached hydrogens (tertiary/aromatic N) is 1. The second-order valence-corrected chi connectivity index (χ2v) is 7.77. The molecule has 0 saturated carbocycles. The molecule has 0 amide bonds. The maximum absolute atomic E-state index is 12.3. The molecule has 2 aromatic rings. The van der Waals surface area contributed by atoms with Crippen molar-refractivity contribution < 1.29 is 19.0 Å². The van der Waals surface area contributed by atoms with Crippen LogP contribution >= 0.6 is 0 Å². The van der Waals surface area contributed by atoms with Gasteiger partial charge in [-0.2, -0.15) is 0 Å². The summed E-state index contributed by atoms with van der Waals surface area (Å²) in [6.45, 7) is 5.77. The van der Waals surface area contributed by atoms with Gasteiger partial charge < -0.3 is 14.2 Å². The van der Waals surface area contributed by atoms with E-state index in [4.69, 9.17) is 14.2 Å². The molecular weight excluding hydrogens is 390 g/mol. The molecule has 1 heterocycles. The molecule has 0 aliphatic rings. The summed E-state index contributed by atoms with van der Waals surface area (Å²) in [5.41, 5.74) is 0.475. The Labute approximate surface area is 187 Å². The van der Waals surface area contributed by atoms with Crippen LogP contribution in [0.3, 0.4) is 0 Å². The second kappa shape index (κ2) is 15.3. The van der Waals surface area contributed by atoms with Crippen LogP contribution in [-0.4, -0.2) is 24.2 Å². The van der Waals surface area contributed by atoms with E-state index in [2.05, 4.69) is 18.8 Å². The number of aromatic nitrogens is 1. The quantitative estimate of drug-likeness (QED) is 0.213. The summed E-state index contributed by atoms with van der Waals surface area (Å²) in [5.74, 6) is 1.29. The van der Waals surface area contributed by atoms with Gasteiger partial charge in [0.15, 0.2) is 0 Å². The molecule has 0 bridgehead atoms. The van der Waals surface area contributed by atoms with E-state index in [9.17, 15) is 4.79 Å². The zero-order chi connectivity index (χ0) is 22.2. The van der Waals surface area contributed by atoms with E-state index in [1.54, 1.807) is 36.4 Å². The third kappa shape index (κ3) is 10.3. The van der Waals surface area contributed by atoms with Gasteiger partial charge in [-0.05, 0) is 43.2 Å². The van der Waals surface area contributed by atoms with Crippen LogP contribution in [0.1, 0.15) is 88.4 Å².